The molecule has 2 aromatic heterocycles. The summed E-state index contributed by atoms with van der Waals surface area (Å²) in [5.41, 5.74) is 0.639. The Kier molecular flexibility index (Phi) is 1.92. The number of carboxylic acid groups (broad SMARTS) is 1. The molecule has 0 bridgehead atoms. The van der Waals surface area contributed by atoms with Crippen LogP contribution in [0.25, 0.3) is 5.78 Å². The summed E-state index contributed by atoms with van der Waals surface area (Å²) in [6, 6.07) is 1.74. The van der Waals surface area contributed by atoms with Gasteiger partial charge in [-0.2, -0.15) is 0 Å². The number of nitrogens with zero attached hydrogens (tertiary/aromatic N) is 3. The fraction of sp³-hybridized carbons (Fsp3) is 0.222. The normalized spacial score (nSPS) is 12.9. The maximum atomic E-state index is 10.8. The third kappa shape index (κ3) is 1.22. The Morgan fingerprint density at radius 2 is 2.36 bits per heavy atom. The monoisotopic (exact) mass is 191 g/mol. The van der Waals surface area contributed by atoms with Gasteiger partial charge in [0, 0.05) is 12.4 Å². The van der Waals surface area contributed by atoms with Crippen LogP contribution in [-0.4, -0.2) is 25.4 Å². The summed E-state index contributed by atoms with van der Waals surface area (Å²) in [7, 11) is 0. The molecule has 0 aliphatic heterocycles. The number of hydrogen-bond acceptors (Lipinski definition) is 3. The SMILES string of the molecule is CC(C(=O)O)c1cnc2ncccn12. The van der Waals surface area contributed by atoms with Gasteiger partial charge < -0.3 is 5.11 Å². The van der Waals surface area contributed by atoms with E-state index in [4.69, 9.17) is 5.11 Å². The maximum Gasteiger partial charge on any atom is 0.312 e. The minimum atomic E-state index is -0.865. The molecule has 0 aromatic carbocycles. The van der Waals surface area contributed by atoms with Crippen molar-refractivity contribution >= 4 is 11.7 Å². The van der Waals surface area contributed by atoms with Gasteiger partial charge in [0.05, 0.1) is 17.8 Å². The molecule has 2 heterocycles. The molecule has 1 unspecified atom stereocenters. The minimum absolute atomic E-state index is 0.524. The zero-order valence-electron chi connectivity index (χ0n) is 7.58. The van der Waals surface area contributed by atoms with Crippen LogP contribution in [0, 0.1) is 0 Å². The Labute approximate surface area is 80.0 Å². The van der Waals surface area contributed by atoms with E-state index in [1.165, 1.54) is 0 Å². The molecule has 72 valence electrons. The molecule has 0 aliphatic rings. The Hall–Kier alpha value is -1.91. The average Bonchev–Trinajstić information content (AvgIpc) is 2.60. The molecule has 0 saturated heterocycles. The van der Waals surface area contributed by atoms with Crippen LogP contribution in [0.1, 0.15) is 18.5 Å². The number of imidazole rings is 1. The second-order valence-corrected chi connectivity index (χ2v) is 3.03. The van der Waals surface area contributed by atoms with Gasteiger partial charge in [-0.05, 0) is 13.0 Å². The van der Waals surface area contributed by atoms with Gasteiger partial charge in [0.25, 0.3) is 0 Å². The fourth-order valence-corrected chi connectivity index (χ4v) is 1.29. The van der Waals surface area contributed by atoms with Gasteiger partial charge in [-0.1, -0.05) is 0 Å². The first kappa shape index (κ1) is 8.68. The van der Waals surface area contributed by atoms with Crippen LogP contribution in [0.4, 0.5) is 0 Å². The highest BCUT2D eigenvalue weighted by atomic mass is 16.4. The molecule has 0 radical (unpaired) electrons. The standard InChI is InChI=1S/C9H9N3O2/c1-6(8(13)14)7-5-11-9-10-3-2-4-12(7)9/h2-6H,1H3,(H,13,14). The minimum Gasteiger partial charge on any atom is -0.481 e. The van der Waals surface area contributed by atoms with Crippen molar-refractivity contribution in [2.45, 2.75) is 12.8 Å². The number of aromatic nitrogens is 3. The molecular weight excluding hydrogens is 182 g/mol. The quantitative estimate of drug-likeness (QED) is 0.766. The van der Waals surface area contributed by atoms with Crippen molar-refractivity contribution in [3.8, 4) is 0 Å². The number of aliphatic carboxylic acids is 1. The van der Waals surface area contributed by atoms with Crippen LogP contribution in [0.3, 0.4) is 0 Å². The third-order valence-electron chi connectivity index (χ3n) is 2.13. The molecule has 2 aromatic rings. The number of fused-ring (bicyclic) bond motifs is 1. The van der Waals surface area contributed by atoms with E-state index in [1.807, 2.05) is 0 Å². The number of carbonyl (C=O) groups is 1. The van der Waals surface area contributed by atoms with Crippen LogP contribution in [0.2, 0.25) is 0 Å². The van der Waals surface area contributed by atoms with E-state index in [0.717, 1.165) is 0 Å². The number of hydrogen-bond donors (Lipinski definition) is 1. The lowest BCUT2D eigenvalue weighted by Gasteiger charge is -2.04. The van der Waals surface area contributed by atoms with Gasteiger partial charge in [0.2, 0.25) is 5.78 Å². The zero-order valence-corrected chi connectivity index (χ0v) is 7.58. The molecule has 2 rings (SSSR count). The number of carboxylic acids is 1. The van der Waals surface area contributed by atoms with Gasteiger partial charge in [-0.25, -0.2) is 9.97 Å². The average molecular weight is 191 g/mol. The molecule has 0 amide bonds. The van der Waals surface area contributed by atoms with Gasteiger partial charge in [-0.15, -0.1) is 0 Å². The Balaban J connectivity index is 2.58. The largest absolute Gasteiger partial charge is 0.481 e. The summed E-state index contributed by atoms with van der Waals surface area (Å²) in [6.45, 7) is 1.62. The van der Waals surface area contributed by atoms with E-state index in [-0.39, 0.29) is 0 Å². The Bertz CT molecular complexity index is 478. The molecule has 5 nitrogen and oxygen atoms in total. The molecule has 5 heteroatoms. The molecule has 0 aliphatic carbocycles. The highest BCUT2D eigenvalue weighted by Gasteiger charge is 2.17. The first-order valence-electron chi connectivity index (χ1n) is 4.21. The fourth-order valence-electron chi connectivity index (χ4n) is 1.29. The molecule has 14 heavy (non-hydrogen) atoms. The van der Waals surface area contributed by atoms with Crippen LogP contribution in [0.5, 0.6) is 0 Å². The highest BCUT2D eigenvalue weighted by Crippen LogP contribution is 2.15. The van der Waals surface area contributed by atoms with Crippen molar-refractivity contribution in [1.29, 1.82) is 0 Å². The van der Waals surface area contributed by atoms with E-state index >= 15 is 0 Å². The van der Waals surface area contributed by atoms with Crippen LogP contribution in [0.15, 0.2) is 24.7 Å². The number of rotatable bonds is 2. The smallest absolute Gasteiger partial charge is 0.312 e. The van der Waals surface area contributed by atoms with Crippen molar-refractivity contribution in [2.75, 3.05) is 0 Å². The summed E-state index contributed by atoms with van der Waals surface area (Å²) >= 11 is 0. The van der Waals surface area contributed by atoms with Crippen LogP contribution in [-0.2, 0) is 4.79 Å². The van der Waals surface area contributed by atoms with Crippen molar-refractivity contribution < 1.29 is 9.90 Å². The predicted octanol–water partition coefficient (Wildman–Crippen LogP) is 0.917. The highest BCUT2D eigenvalue weighted by molar-refractivity contribution is 5.75. The summed E-state index contributed by atoms with van der Waals surface area (Å²) in [5.74, 6) is -0.916. The van der Waals surface area contributed by atoms with Gasteiger partial charge >= 0.3 is 5.97 Å². The zero-order chi connectivity index (χ0) is 10.1. The van der Waals surface area contributed by atoms with E-state index in [9.17, 15) is 4.79 Å². The van der Waals surface area contributed by atoms with E-state index in [2.05, 4.69) is 9.97 Å². The lowest BCUT2D eigenvalue weighted by molar-refractivity contribution is -0.138. The van der Waals surface area contributed by atoms with Gasteiger partial charge in [0.1, 0.15) is 0 Å². The second kappa shape index (κ2) is 3.10. The Morgan fingerprint density at radius 1 is 1.57 bits per heavy atom. The second-order valence-electron chi connectivity index (χ2n) is 3.03. The molecule has 1 atom stereocenters. The summed E-state index contributed by atoms with van der Waals surface area (Å²) in [6.07, 6.45) is 4.92. The summed E-state index contributed by atoms with van der Waals surface area (Å²) < 4.78 is 1.68. The van der Waals surface area contributed by atoms with Crippen LogP contribution < -0.4 is 0 Å². The maximum absolute atomic E-state index is 10.8. The van der Waals surface area contributed by atoms with E-state index in [0.29, 0.717) is 11.5 Å². The lowest BCUT2D eigenvalue weighted by Crippen LogP contribution is -2.09. The van der Waals surface area contributed by atoms with Crippen molar-refractivity contribution in [2.24, 2.45) is 0 Å². The molecule has 0 saturated carbocycles. The van der Waals surface area contributed by atoms with E-state index in [1.54, 1.807) is 36.0 Å². The molecular formula is C9H9N3O2. The summed E-state index contributed by atoms with van der Waals surface area (Å²) in [4.78, 5) is 18.8. The van der Waals surface area contributed by atoms with Crippen molar-refractivity contribution in [3.63, 3.8) is 0 Å². The molecule has 0 spiro atoms. The molecule has 1 N–H and O–H groups in total. The van der Waals surface area contributed by atoms with E-state index < -0.39 is 11.9 Å². The Morgan fingerprint density at radius 3 is 3.07 bits per heavy atom. The topological polar surface area (TPSA) is 67.5 Å². The summed E-state index contributed by atoms with van der Waals surface area (Å²) in [5, 5.41) is 8.85. The van der Waals surface area contributed by atoms with Crippen LogP contribution >= 0.6 is 0 Å². The van der Waals surface area contributed by atoms with Gasteiger partial charge in [-0.3, -0.25) is 9.20 Å². The van der Waals surface area contributed by atoms with Crippen molar-refractivity contribution in [3.05, 3.63) is 30.4 Å². The lowest BCUT2D eigenvalue weighted by atomic mass is 10.1. The third-order valence-corrected chi connectivity index (χ3v) is 2.13. The van der Waals surface area contributed by atoms with Crippen molar-refractivity contribution in [1.82, 2.24) is 14.4 Å². The molecule has 0 fully saturated rings. The predicted molar refractivity (Wildman–Crippen MR) is 49.0 cm³/mol. The first-order valence-corrected chi connectivity index (χ1v) is 4.21. The van der Waals surface area contributed by atoms with Gasteiger partial charge in [0.15, 0.2) is 0 Å². The first-order chi connectivity index (χ1) is 6.70.